The van der Waals surface area contributed by atoms with Crippen molar-refractivity contribution in [3.63, 3.8) is 0 Å². The molecule has 2 heterocycles. The average molecular weight is 564 g/mol. The summed E-state index contributed by atoms with van der Waals surface area (Å²) in [5, 5.41) is 10.9. The Balaban J connectivity index is 2.38. The highest BCUT2D eigenvalue weighted by Crippen LogP contribution is 2.43. The number of hydrogen-bond acceptors (Lipinski definition) is 6. The number of likely N-dealkylation sites (tertiary alicyclic amines) is 1. The molecule has 2 aliphatic rings. The Morgan fingerprint density at radius 2 is 1.70 bits per heavy atom. The lowest BCUT2D eigenvalue weighted by Gasteiger charge is -2.37. The van der Waals surface area contributed by atoms with E-state index in [1.165, 1.54) is 11.0 Å². The predicted molar refractivity (Wildman–Crippen MR) is 152 cm³/mol. The van der Waals surface area contributed by atoms with Gasteiger partial charge in [-0.3, -0.25) is 19.2 Å². The molecule has 226 valence electrons. The van der Waals surface area contributed by atoms with E-state index in [0.29, 0.717) is 12.8 Å². The molecule has 0 aromatic carbocycles. The first-order valence-corrected chi connectivity index (χ1v) is 14.1. The zero-order chi connectivity index (χ0) is 30.6. The number of ether oxygens (including phenoxy) is 1. The summed E-state index contributed by atoms with van der Waals surface area (Å²) in [6.07, 6.45) is 2.44. The quantitative estimate of drug-likeness (QED) is 0.236. The number of carbonyl (C=O) groups excluding carboxylic acids is 5. The maximum Gasteiger partial charge on any atom is 0.315 e. The van der Waals surface area contributed by atoms with Gasteiger partial charge in [-0.05, 0) is 52.9 Å². The van der Waals surface area contributed by atoms with Gasteiger partial charge < -0.3 is 30.9 Å². The number of ketones is 1. The lowest BCUT2D eigenvalue weighted by Crippen LogP contribution is -2.61. The average Bonchev–Trinajstić information content (AvgIpc) is 3.29. The van der Waals surface area contributed by atoms with Gasteiger partial charge in [-0.15, -0.1) is 6.58 Å². The molecule has 5 atom stereocenters. The molecule has 2 saturated heterocycles. The largest absolute Gasteiger partial charge is 0.370 e. The van der Waals surface area contributed by atoms with E-state index in [1.807, 2.05) is 62.3 Å². The Morgan fingerprint density at radius 1 is 1.07 bits per heavy atom. The lowest BCUT2D eigenvalue weighted by molar-refractivity contribution is -0.145. The molecule has 2 rings (SSSR count). The van der Waals surface area contributed by atoms with Crippen LogP contribution in [0.4, 0.5) is 4.79 Å². The van der Waals surface area contributed by atoms with Gasteiger partial charge in [0, 0.05) is 24.5 Å². The molecule has 2 aliphatic heterocycles. The van der Waals surface area contributed by atoms with Crippen LogP contribution in [0.2, 0.25) is 0 Å². The number of Topliss-reactive ketones (excluding diaryl/α,β-unsaturated/α-hetero) is 1. The van der Waals surface area contributed by atoms with Crippen molar-refractivity contribution in [3.8, 4) is 0 Å². The molecular formula is C29H49N5O6. The maximum atomic E-state index is 14.1. The van der Waals surface area contributed by atoms with Crippen molar-refractivity contribution in [2.45, 2.75) is 117 Å². The van der Waals surface area contributed by atoms with Crippen molar-refractivity contribution in [1.29, 1.82) is 0 Å². The van der Waals surface area contributed by atoms with Gasteiger partial charge >= 0.3 is 6.03 Å². The summed E-state index contributed by atoms with van der Waals surface area (Å²) in [4.78, 5) is 67.5. The summed E-state index contributed by atoms with van der Waals surface area (Å²) in [5.41, 5.74) is -1.67. The van der Waals surface area contributed by atoms with Gasteiger partial charge in [0.15, 0.2) is 0 Å². The Hall–Kier alpha value is -2.95. The summed E-state index contributed by atoms with van der Waals surface area (Å²) in [6, 6.07) is -3.39. The molecule has 0 aromatic heterocycles. The number of rotatable bonds is 10. The minimum Gasteiger partial charge on any atom is -0.370 e. The van der Waals surface area contributed by atoms with Gasteiger partial charge in [0.2, 0.25) is 17.6 Å². The summed E-state index contributed by atoms with van der Waals surface area (Å²) in [6.45, 7) is 20.6. The van der Waals surface area contributed by atoms with Crippen molar-refractivity contribution in [2.75, 3.05) is 13.1 Å². The fourth-order valence-electron chi connectivity index (χ4n) is 5.38. The van der Waals surface area contributed by atoms with E-state index in [4.69, 9.17) is 4.74 Å². The van der Waals surface area contributed by atoms with Gasteiger partial charge in [-0.25, -0.2) is 4.79 Å². The molecule has 3 unspecified atom stereocenters. The fraction of sp³-hybridized carbons (Fsp3) is 0.759. The number of nitrogens with zero attached hydrogens (tertiary/aromatic N) is 1. The van der Waals surface area contributed by atoms with Gasteiger partial charge in [-0.1, -0.05) is 40.2 Å². The first-order valence-electron chi connectivity index (χ1n) is 14.1. The molecule has 0 radical (unpaired) electrons. The molecule has 0 aliphatic carbocycles. The smallest absolute Gasteiger partial charge is 0.315 e. The molecule has 4 N–H and O–H groups in total. The number of fused-ring (bicyclic) bond motifs is 1. The number of carbonyl (C=O) groups is 5. The van der Waals surface area contributed by atoms with Gasteiger partial charge in [-0.2, -0.15) is 0 Å². The standard InChI is InChI=1S/C29H49N5O6/c1-11-13-18(21(35)24(37)30-14-12-2)31-23(36)20-17-15-29(9,10)40-19(17)16-34(20)25(38)22(27(3,4)5)32-26(39)33-28(6,7)8/h12,17-20,22H,2,11,13-16H2,1,3-10H3,(H,30,37)(H,31,36)(H2,32,33,39)/t17?,18?,19?,20-,22+/m0/s1. The highest BCUT2D eigenvalue weighted by molar-refractivity contribution is 6.38. The van der Waals surface area contributed by atoms with Crippen molar-refractivity contribution < 1.29 is 28.7 Å². The SMILES string of the molecule is C=CCNC(=O)C(=O)C(CCC)NC(=O)[C@@H]1C2CC(C)(C)OC2CN1C(=O)[C@@H](NC(=O)NC(C)(C)C)C(C)(C)C. The van der Waals surface area contributed by atoms with E-state index in [2.05, 4.69) is 27.8 Å². The zero-order valence-electron chi connectivity index (χ0n) is 25.6. The van der Waals surface area contributed by atoms with E-state index >= 15 is 0 Å². The van der Waals surface area contributed by atoms with Crippen molar-refractivity contribution in [3.05, 3.63) is 12.7 Å². The van der Waals surface area contributed by atoms with E-state index in [9.17, 15) is 24.0 Å². The second-order valence-electron chi connectivity index (χ2n) is 13.6. The maximum absolute atomic E-state index is 14.1. The van der Waals surface area contributed by atoms with E-state index in [1.54, 1.807) is 0 Å². The van der Waals surface area contributed by atoms with Gasteiger partial charge in [0.05, 0.1) is 17.7 Å². The summed E-state index contributed by atoms with van der Waals surface area (Å²) < 4.78 is 6.21. The Labute approximate surface area is 238 Å². The van der Waals surface area contributed by atoms with Crippen LogP contribution in [-0.4, -0.2) is 82.9 Å². The van der Waals surface area contributed by atoms with Crippen LogP contribution in [-0.2, 0) is 23.9 Å². The van der Waals surface area contributed by atoms with Crippen LogP contribution in [0.15, 0.2) is 12.7 Å². The second-order valence-corrected chi connectivity index (χ2v) is 13.6. The highest BCUT2D eigenvalue weighted by atomic mass is 16.5. The Morgan fingerprint density at radius 3 is 2.23 bits per heavy atom. The van der Waals surface area contributed by atoms with Gasteiger partial charge in [0.1, 0.15) is 12.1 Å². The number of nitrogens with one attached hydrogen (secondary N) is 4. The number of urea groups is 1. The molecule has 2 fully saturated rings. The van der Waals surface area contributed by atoms with Crippen LogP contribution in [0.25, 0.3) is 0 Å². The zero-order valence-corrected chi connectivity index (χ0v) is 25.6. The van der Waals surface area contributed by atoms with Crippen molar-refractivity contribution in [2.24, 2.45) is 11.3 Å². The molecule has 40 heavy (non-hydrogen) atoms. The normalized spacial score (nSPS) is 23.4. The van der Waals surface area contributed by atoms with Crippen LogP contribution < -0.4 is 21.3 Å². The molecular weight excluding hydrogens is 514 g/mol. The van der Waals surface area contributed by atoms with Crippen molar-refractivity contribution >= 4 is 29.5 Å². The van der Waals surface area contributed by atoms with Crippen molar-refractivity contribution in [1.82, 2.24) is 26.2 Å². The second kappa shape index (κ2) is 12.7. The summed E-state index contributed by atoms with van der Waals surface area (Å²) in [5.74, 6) is -2.79. The van der Waals surface area contributed by atoms with Crippen LogP contribution in [0.3, 0.4) is 0 Å². The topological polar surface area (TPSA) is 146 Å². The van der Waals surface area contributed by atoms with E-state index in [0.717, 1.165) is 0 Å². The molecule has 0 aromatic rings. The minimum absolute atomic E-state index is 0.127. The van der Waals surface area contributed by atoms with E-state index < -0.39 is 64.2 Å². The van der Waals surface area contributed by atoms with Crippen LogP contribution >= 0.6 is 0 Å². The third-order valence-corrected chi connectivity index (χ3v) is 7.06. The monoisotopic (exact) mass is 563 g/mol. The van der Waals surface area contributed by atoms with Gasteiger partial charge in [0.25, 0.3) is 5.91 Å². The highest BCUT2D eigenvalue weighted by Gasteiger charge is 2.56. The van der Waals surface area contributed by atoms with Crippen LogP contribution in [0, 0.1) is 11.3 Å². The number of hydrogen-bond donors (Lipinski definition) is 4. The first-order chi connectivity index (χ1) is 18.3. The van der Waals surface area contributed by atoms with E-state index in [-0.39, 0.29) is 31.5 Å². The summed E-state index contributed by atoms with van der Waals surface area (Å²) >= 11 is 0. The lowest BCUT2D eigenvalue weighted by atomic mass is 9.85. The Bertz CT molecular complexity index is 996. The summed E-state index contributed by atoms with van der Waals surface area (Å²) in [7, 11) is 0. The molecule has 0 bridgehead atoms. The molecule has 11 nitrogen and oxygen atoms in total. The third-order valence-electron chi connectivity index (χ3n) is 7.06. The molecule has 0 spiro atoms. The first kappa shape index (κ1) is 33.3. The van der Waals surface area contributed by atoms with Crippen LogP contribution in [0.5, 0.6) is 0 Å². The predicted octanol–water partition coefficient (Wildman–Crippen LogP) is 2.05. The minimum atomic E-state index is -1.04. The number of amides is 5. The third kappa shape index (κ3) is 8.52. The Kier molecular flexibility index (Phi) is 10.6. The molecule has 5 amide bonds. The fourth-order valence-corrected chi connectivity index (χ4v) is 5.38. The molecule has 0 saturated carbocycles. The molecule has 11 heteroatoms. The van der Waals surface area contributed by atoms with Crippen LogP contribution in [0.1, 0.15) is 81.6 Å².